The van der Waals surface area contributed by atoms with Crippen molar-refractivity contribution in [2.75, 3.05) is 21.3 Å². The summed E-state index contributed by atoms with van der Waals surface area (Å²) in [5, 5.41) is 0. The number of benzene rings is 3. The van der Waals surface area contributed by atoms with Crippen molar-refractivity contribution in [3.05, 3.63) is 83.1 Å². The Morgan fingerprint density at radius 3 is 1.92 bits per heavy atom. The van der Waals surface area contributed by atoms with Gasteiger partial charge in [0.2, 0.25) is 5.90 Å². The number of hydrogen-bond donors (Lipinski definition) is 0. The monoisotopic (exact) mass is 527 g/mol. The smallest absolute Gasteiger partial charge is 0.363 e. The van der Waals surface area contributed by atoms with Gasteiger partial charge in [-0.25, -0.2) is 9.79 Å². The first kappa shape index (κ1) is 28.0. The summed E-state index contributed by atoms with van der Waals surface area (Å²) >= 11 is 0. The molecule has 6 nitrogen and oxygen atoms in total. The fourth-order valence-electron chi connectivity index (χ4n) is 4.62. The second-order valence-corrected chi connectivity index (χ2v) is 9.58. The van der Waals surface area contributed by atoms with E-state index >= 15 is 0 Å². The van der Waals surface area contributed by atoms with Gasteiger partial charge in [-0.2, -0.15) is 0 Å². The van der Waals surface area contributed by atoms with E-state index in [-0.39, 0.29) is 11.6 Å². The lowest BCUT2D eigenvalue weighted by atomic mass is 10.00. The predicted molar refractivity (Wildman–Crippen MR) is 156 cm³/mol. The zero-order valence-electron chi connectivity index (χ0n) is 23.3. The maximum Gasteiger partial charge on any atom is 0.363 e. The number of nitrogens with zero attached hydrogens (tertiary/aromatic N) is 1. The minimum absolute atomic E-state index is 0.181. The third kappa shape index (κ3) is 7.08. The van der Waals surface area contributed by atoms with Crippen LogP contribution in [-0.4, -0.2) is 33.2 Å². The van der Waals surface area contributed by atoms with E-state index in [1.807, 2.05) is 24.3 Å². The number of cyclic esters (lactones) is 1. The molecule has 0 saturated heterocycles. The lowest BCUT2D eigenvalue weighted by Crippen LogP contribution is -2.05. The van der Waals surface area contributed by atoms with Gasteiger partial charge in [0.05, 0.1) is 21.3 Å². The molecule has 0 spiro atoms. The summed E-state index contributed by atoms with van der Waals surface area (Å²) in [4.78, 5) is 17.1. The second kappa shape index (κ2) is 13.7. The lowest BCUT2D eigenvalue weighted by Gasteiger charge is -2.12. The molecule has 1 aliphatic rings. The topological polar surface area (TPSA) is 66.3 Å². The van der Waals surface area contributed by atoms with Crippen molar-refractivity contribution in [1.29, 1.82) is 0 Å². The number of aryl methyl sites for hydroxylation is 1. The van der Waals surface area contributed by atoms with E-state index in [9.17, 15) is 4.79 Å². The molecule has 0 aromatic heterocycles. The summed E-state index contributed by atoms with van der Waals surface area (Å²) in [6.07, 6.45) is 10.6. The quantitative estimate of drug-likeness (QED) is 0.130. The molecule has 0 atom stereocenters. The Hall–Kier alpha value is -4.06. The van der Waals surface area contributed by atoms with Crippen molar-refractivity contribution in [3.8, 4) is 28.4 Å². The summed E-state index contributed by atoms with van der Waals surface area (Å²) in [6, 6.07) is 20.1. The van der Waals surface area contributed by atoms with Crippen molar-refractivity contribution in [1.82, 2.24) is 0 Å². The molecule has 3 aromatic carbocycles. The Labute approximate surface area is 231 Å². The molecule has 0 amide bonds. The highest BCUT2D eigenvalue weighted by Gasteiger charge is 2.25. The molecule has 0 aliphatic carbocycles. The Morgan fingerprint density at radius 2 is 1.28 bits per heavy atom. The number of unbranched alkanes of at least 4 members (excludes halogenated alkanes) is 5. The van der Waals surface area contributed by atoms with Crippen LogP contribution in [0.1, 0.15) is 62.1 Å². The Bertz CT molecular complexity index is 1320. The third-order valence-corrected chi connectivity index (χ3v) is 6.89. The molecule has 3 aromatic rings. The van der Waals surface area contributed by atoms with Gasteiger partial charge < -0.3 is 18.9 Å². The van der Waals surface area contributed by atoms with Crippen molar-refractivity contribution in [3.63, 3.8) is 0 Å². The molecule has 0 unspecified atom stereocenters. The Kier molecular flexibility index (Phi) is 9.79. The normalized spacial score (nSPS) is 13.8. The van der Waals surface area contributed by atoms with Crippen molar-refractivity contribution >= 4 is 17.9 Å². The molecule has 1 aliphatic heterocycles. The highest BCUT2D eigenvalue weighted by atomic mass is 16.6. The van der Waals surface area contributed by atoms with Gasteiger partial charge in [-0.3, -0.25) is 0 Å². The second-order valence-electron chi connectivity index (χ2n) is 9.58. The minimum Gasteiger partial charge on any atom is -0.496 e. The van der Waals surface area contributed by atoms with Gasteiger partial charge in [0, 0.05) is 17.2 Å². The molecule has 0 N–H and O–H groups in total. The van der Waals surface area contributed by atoms with E-state index in [2.05, 4.69) is 36.2 Å². The molecule has 0 radical (unpaired) electrons. The number of hydrogen-bond acceptors (Lipinski definition) is 6. The standard InChI is InChI=1S/C33H37NO5/c1-5-6-7-8-9-10-11-23-12-14-24(15-13-23)25-16-18-26(19-17-25)32-34-28(33(35)39-32)20-27-21-30(37-3)31(38-4)22-29(27)36-2/h12-22H,5-11H2,1-4H3. The van der Waals surface area contributed by atoms with E-state index < -0.39 is 5.97 Å². The van der Waals surface area contributed by atoms with Crippen LogP contribution in [0.4, 0.5) is 0 Å². The first-order valence-electron chi connectivity index (χ1n) is 13.6. The summed E-state index contributed by atoms with van der Waals surface area (Å²) in [6.45, 7) is 2.25. The van der Waals surface area contributed by atoms with E-state index in [1.54, 1.807) is 39.5 Å². The lowest BCUT2D eigenvalue weighted by molar-refractivity contribution is -0.129. The zero-order chi connectivity index (χ0) is 27.6. The molecular formula is C33H37NO5. The van der Waals surface area contributed by atoms with Gasteiger partial charge in [-0.05, 0) is 53.8 Å². The zero-order valence-corrected chi connectivity index (χ0v) is 23.3. The van der Waals surface area contributed by atoms with E-state index in [1.165, 1.54) is 44.1 Å². The molecule has 0 saturated carbocycles. The molecule has 4 rings (SSSR count). The van der Waals surface area contributed by atoms with Crippen molar-refractivity contribution in [2.24, 2.45) is 4.99 Å². The van der Waals surface area contributed by atoms with Crippen LogP contribution in [-0.2, 0) is 16.0 Å². The van der Waals surface area contributed by atoms with E-state index in [0.717, 1.165) is 23.1 Å². The third-order valence-electron chi connectivity index (χ3n) is 6.89. The van der Waals surface area contributed by atoms with Gasteiger partial charge in [-0.15, -0.1) is 0 Å². The van der Waals surface area contributed by atoms with Gasteiger partial charge in [-0.1, -0.05) is 75.4 Å². The number of rotatable bonds is 13. The first-order valence-corrected chi connectivity index (χ1v) is 13.6. The van der Waals surface area contributed by atoms with Crippen LogP contribution < -0.4 is 14.2 Å². The van der Waals surface area contributed by atoms with Crippen LogP contribution in [0.15, 0.2) is 71.4 Å². The summed E-state index contributed by atoms with van der Waals surface area (Å²) < 4.78 is 21.7. The molecule has 0 bridgehead atoms. The van der Waals surface area contributed by atoms with Crippen LogP contribution in [0, 0.1) is 0 Å². The highest BCUT2D eigenvalue weighted by Crippen LogP contribution is 2.36. The highest BCUT2D eigenvalue weighted by molar-refractivity contribution is 6.13. The maximum absolute atomic E-state index is 12.6. The van der Waals surface area contributed by atoms with Gasteiger partial charge in [0.1, 0.15) is 5.75 Å². The van der Waals surface area contributed by atoms with E-state index in [4.69, 9.17) is 18.9 Å². The Morgan fingerprint density at radius 1 is 0.718 bits per heavy atom. The molecule has 6 heteroatoms. The largest absolute Gasteiger partial charge is 0.496 e. The first-order chi connectivity index (χ1) is 19.1. The average molecular weight is 528 g/mol. The number of esters is 1. The van der Waals surface area contributed by atoms with E-state index in [0.29, 0.717) is 22.8 Å². The average Bonchev–Trinajstić information content (AvgIpc) is 3.34. The Balaban J connectivity index is 1.44. The summed E-state index contributed by atoms with van der Waals surface area (Å²) in [5.41, 5.74) is 5.17. The minimum atomic E-state index is -0.521. The summed E-state index contributed by atoms with van der Waals surface area (Å²) in [5.74, 6) is 1.33. The van der Waals surface area contributed by atoms with Crippen LogP contribution in [0.2, 0.25) is 0 Å². The van der Waals surface area contributed by atoms with Crippen molar-refractivity contribution < 1.29 is 23.7 Å². The molecule has 0 fully saturated rings. The van der Waals surface area contributed by atoms with Crippen LogP contribution >= 0.6 is 0 Å². The fourth-order valence-corrected chi connectivity index (χ4v) is 4.62. The van der Waals surface area contributed by atoms with Crippen LogP contribution in [0.3, 0.4) is 0 Å². The van der Waals surface area contributed by atoms with Gasteiger partial charge in [0.25, 0.3) is 0 Å². The van der Waals surface area contributed by atoms with Crippen LogP contribution in [0.25, 0.3) is 17.2 Å². The molecule has 39 heavy (non-hydrogen) atoms. The fraction of sp³-hybridized carbons (Fsp3) is 0.333. The number of carbonyl (C=O) groups is 1. The van der Waals surface area contributed by atoms with Gasteiger partial charge in [0.15, 0.2) is 17.2 Å². The molecule has 204 valence electrons. The summed E-state index contributed by atoms with van der Waals surface area (Å²) in [7, 11) is 4.66. The van der Waals surface area contributed by atoms with Gasteiger partial charge >= 0.3 is 5.97 Å². The van der Waals surface area contributed by atoms with Crippen molar-refractivity contribution in [2.45, 2.75) is 51.9 Å². The maximum atomic E-state index is 12.6. The predicted octanol–water partition coefficient (Wildman–Crippen LogP) is 7.63. The molecule has 1 heterocycles. The van der Waals surface area contributed by atoms with Crippen LogP contribution in [0.5, 0.6) is 17.2 Å². The SMILES string of the molecule is CCCCCCCCc1ccc(-c2ccc(C3=NC(=Cc4cc(OC)c(OC)cc4OC)C(=O)O3)cc2)cc1. The number of ether oxygens (including phenoxy) is 4. The number of carbonyl (C=O) groups excluding carboxylic acids is 1. The molecular weight excluding hydrogens is 490 g/mol. The number of methoxy groups -OCH3 is 3. The number of aliphatic imine (C=N–C) groups is 1.